The summed E-state index contributed by atoms with van der Waals surface area (Å²) in [5, 5.41) is 13.2. The van der Waals surface area contributed by atoms with Crippen LogP contribution in [0, 0.1) is 0 Å². The van der Waals surface area contributed by atoms with Crippen molar-refractivity contribution in [1.29, 1.82) is 0 Å². The third kappa shape index (κ3) is 6.29. The van der Waals surface area contributed by atoms with Crippen molar-refractivity contribution in [1.82, 2.24) is 0 Å². The van der Waals surface area contributed by atoms with Crippen LogP contribution in [0.5, 0.6) is 11.5 Å². The van der Waals surface area contributed by atoms with Crippen molar-refractivity contribution in [3.8, 4) is 11.5 Å². The Morgan fingerprint density at radius 3 is 2.55 bits per heavy atom. The molecule has 0 bridgehead atoms. The van der Waals surface area contributed by atoms with Crippen LogP contribution in [0.25, 0.3) is 0 Å². The number of hydrogen-bond acceptors (Lipinski definition) is 4. The van der Waals surface area contributed by atoms with Crippen molar-refractivity contribution in [2.75, 3.05) is 11.9 Å². The first-order valence-electron chi connectivity index (χ1n) is 9.46. The normalized spacial score (nSPS) is 10.6. The molecule has 0 heterocycles. The average Bonchev–Trinajstić information content (AvgIpc) is 2.71. The lowest BCUT2D eigenvalue weighted by molar-refractivity contribution is 0.0697. The molecule has 0 aliphatic carbocycles. The largest absolute Gasteiger partial charge is 0.490 e. The third-order valence-corrected chi connectivity index (χ3v) is 5.47. The topological polar surface area (TPSA) is 67.8 Å². The molecule has 0 aliphatic rings. The molecule has 3 aromatic rings. The number of rotatable bonds is 9. The first-order chi connectivity index (χ1) is 14.9. The number of ether oxygens (including phenoxy) is 2. The van der Waals surface area contributed by atoms with Crippen LogP contribution in [0.3, 0.4) is 0 Å². The summed E-state index contributed by atoms with van der Waals surface area (Å²) in [5.41, 5.74) is 2.68. The zero-order chi connectivity index (χ0) is 22.4. The van der Waals surface area contributed by atoms with Crippen LogP contribution < -0.4 is 14.8 Å². The molecule has 162 valence electrons. The standard InChI is InChI=1S/C23H20BrCl2NO4/c1-2-30-21-10-15(12-27-17-6-7-18(23(28)29)20(26)11-17)9-19(24)22(21)31-13-14-4-3-5-16(25)8-14/h3-11,27H,2,12-13H2,1H3,(H,28,29). The minimum absolute atomic E-state index is 0.0646. The Labute approximate surface area is 199 Å². The molecule has 3 aromatic carbocycles. The number of hydrogen-bond donors (Lipinski definition) is 2. The molecule has 0 fully saturated rings. The van der Waals surface area contributed by atoms with Gasteiger partial charge in [-0.3, -0.25) is 0 Å². The number of aromatic carboxylic acids is 1. The predicted octanol–water partition coefficient (Wildman–Crippen LogP) is 7.04. The van der Waals surface area contributed by atoms with E-state index in [4.69, 9.17) is 37.8 Å². The highest BCUT2D eigenvalue weighted by molar-refractivity contribution is 9.10. The minimum Gasteiger partial charge on any atom is -0.490 e. The van der Waals surface area contributed by atoms with Gasteiger partial charge >= 0.3 is 5.97 Å². The Bertz CT molecular complexity index is 1090. The van der Waals surface area contributed by atoms with E-state index in [1.165, 1.54) is 6.07 Å². The van der Waals surface area contributed by atoms with Crippen molar-refractivity contribution in [3.05, 3.63) is 85.8 Å². The molecule has 0 saturated carbocycles. The molecular formula is C23H20BrCl2NO4. The van der Waals surface area contributed by atoms with Crippen molar-refractivity contribution in [2.45, 2.75) is 20.1 Å². The van der Waals surface area contributed by atoms with E-state index < -0.39 is 5.97 Å². The fourth-order valence-corrected chi connectivity index (χ4v) is 3.99. The van der Waals surface area contributed by atoms with Crippen molar-refractivity contribution in [2.24, 2.45) is 0 Å². The van der Waals surface area contributed by atoms with Gasteiger partial charge in [0, 0.05) is 17.3 Å². The minimum atomic E-state index is -1.06. The number of carbonyl (C=O) groups is 1. The Kier molecular flexibility index (Phi) is 8.07. The molecule has 3 rings (SSSR count). The van der Waals surface area contributed by atoms with Crippen molar-refractivity contribution >= 4 is 50.8 Å². The average molecular weight is 525 g/mol. The summed E-state index contributed by atoms with van der Waals surface area (Å²) < 4.78 is 12.6. The molecule has 0 aliphatic heterocycles. The Balaban J connectivity index is 1.74. The quantitative estimate of drug-likeness (QED) is 0.314. The van der Waals surface area contributed by atoms with Crippen molar-refractivity contribution < 1.29 is 19.4 Å². The van der Waals surface area contributed by atoms with Gasteiger partial charge < -0.3 is 19.9 Å². The van der Waals surface area contributed by atoms with E-state index in [0.29, 0.717) is 42.0 Å². The van der Waals surface area contributed by atoms with E-state index in [1.54, 1.807) is 12.1 Å². The number of anilines is 1. The van der Waals surface area contributed by atoms with Crippen LogP contribution >= 0.6 is 39.1 Å². The summed E-state index contributed by atoms with van der Waals surface area (Å²) in [5.74, 6) is 0.171. The van der Waals surface area contributed by atoms with Gasteiger partial charge in [-0.15, -0.1) is 0 Å². The number of carboxylic acid groups (broad SMARTS) is 1. The van der Waals surface area contributed by atoms with E-state index in [0.717, 1.165) is 15.6 Å². The van der Waals surface area contributed by atoms with Gasteiger partial charge in [-0.25, -0.2) is 4.79 Å². The monoisotopic (exact) mass is 523 g/mol. The van der Waals surface area contributed by atoms with Gasteiger partial charge in [0.05, 0.1) is 21.7 Å². The fourth-order valence-electron chi connectivity index (χ4n) is 2.91. The number of carboxylic acids is 1. The fraction of sp³-hybridized carbons (Fsp3) is 0.174. The SMILES string of the molecule is CCOc1cc(CNc2ccc(C(=O)O)c(Cl)c2)cc(Br)c1OCc1cccc(Cl)c1. The van der Waals surface area contributed by atoms with E-state index in [1.807, 2.05) is 43.3 Å². The Morgan fingerprint density at radius 1 is 1.06 bits per heavy atom. The van der Waals surface area contributed by atoms with Gasteiger partial charge in [0.2, 0.25) is 0 Å². The summed E-state index contributed by atoms with van der Waals surface area (Å²) in [6.45, 7) is 3.23. The number of benzene rings is 3. The Morgan fingerprint density at radius 2 is 1.87 bits per heavy atom. The molecule has 2 N–H and O–H groups in total. The number of nitrogens with one attached hydrogen (secondary N) is 1. The molecule has 0 atom stereocenters. The van der Waals surface area contributed by atoms with E-state index >= 15 is 0 Å². The second-order valence-corrected chi connectivity index (χ2v) is 8.31. The first-order valence-corrected chi connectivity index (χ1v) is 11.0. The molecule has 0 aromatic heterocycles. The van der Waals surface area contributed by atoms with E-state index in [9.17, 15) is 4.79 Å². The van der Waals surface area contributed by atoms with Crippen LogP contribution in [-0.2, 0) is 13.2 Å². The van der Waals surface area contributed by atoms with Gasteiger partial charge in [-0.1, -0.05) is 35.3 Å². The van der Waals surface area contributed by atoms with Gasteiger partial charge in [-0.05, 0) is 76.4 Å². The smallest absolute Gasteiger partial charge is 0.337 e. The second kappa shape index (κ2) is 10.8. The molecular weight excluding hydrogens is 505 g/mol. The summed E-state index contributed by atoms with van der Waals surface area (Å²) in [4.78, 5) is 11.1. The third-order valence-electron chi connectivity index (χ3n) is 4.34. The predicted molar refractivity (Wildman–Crippen MR) is 127 cm³/mol. The van der Waals surface area contributed by atoms with Gasteiger partial charge in [0.1, 0.15) is 6.61 Å². The van der Waals surface area contributed by atoms with Crippen LogP contribution in [0.2, 0.25) is 10.0 Å². The van der Waals surface area contributed by atoms with Crippen LogP contribution in [0.4, 0.5) is 5.69 Å². The highest BCUT2D eigenvalue weighted by Crippen LogP contribution is 2.38. The maximum atomic E-state index is 11.1. The molecule has 0 spiro atoms. The summed E-state index contributed by atoms with van der Waals surface area (Å²) in [7, 11) is 0. The maximum absolute atomic E-state index is 11.1. The molecule has 31 heavy (non-hydrogen) atoms. The highest BCUT2D eigenvalue weighted by atomic mass is 79.9. The lowest BCUT2D eigenvalue weighted by Crippen LogP contribution is -2.04. The van der Waals surface area contributed by atoms with Crippen LogP contribution in [0.15, 0.2) is 59.1 Å². The molecule has 8 heteroatoms. The molecule has 0 saturated heterocycles. The zero-order valence-electron chi connectivity index (χ0n) is 16.6. The van der Waals surface area contributed by atoms with Gasteiger partial charge in [0.15, 0.2) is 11.5 Å². The van der Waals surface area contributed by atoms with Gasteiger partial charge in [0.25, 0.3) is 0 Å². The summed E-state index contributed by atoms with van der Waals surface area (Å²) in [6, 6.07) is 16.1. The first kappa shape index (κ1) is 23.3. The summed E-state index contributed by atoms with van der Waals surface area (Å²) >= 11 is 15.7. The van der Waals surface area contributed by atoms with Crippen molar-refractivity contribution in [3.63, 3.8) is 0 Å². The summed E-state index contributed by atoms with van der Waals surface area (Å²) in [6.07, 6.45) is 0. The molecule has 0 radical (unpaired) electrons. The van der Waals surface area contributed by atoms with Crippen LogP contribution in [-0.4, -0.2) is 17.7 Å². The van der Waals surface area contributed by atoms with E-state index in [2.05, 4.69) is 21.2 Å². The lowest BCUT2D eigenvalue weighted by atomic mass is 10.1. The number of halogens is 3. The van der Waals surface area contributed by atoms with E-state index in [-0.39, 0.29) is 10.6 Å². The lowest BCUT2D eigenvalue weighted by Gasteiger charge is -2.16. The highest BCUT2D eigenvalue weighted by Gasteiger charge is 2.14. The second-order valence-electron chi connectivity index (χ2n) is 6.61. The molecule has 5 nitrogen and oxygen atoms in total. The molecule has 0 amide bonds. The molecule has 0 unspecified atom stereocenters. The Hall–Kier alpha value is -2.41. The zero-order valence-corrected chi connectivity index (χ0v) is 19.7. The van der Waals surface area contributed by atoms with Gasteiger partial charge in [-0.2, -0.15) is 0 Å². The van der Waals surface area contributed by atoms with Crippen LogP contribution in [0.1, 0.15) is 28.4 Å². The maximum Gasteiger partial charge on any atom is 0.337 e.